The van der Waals surface area contributed by atoms with Gasteiger partial charge in [0, 0.05) is 33.2 Å². The van der Waals surface area contributed by atoms with Gasteiger partial charge in [-0.15, -0.1) is 0 Å². The lowest BCUT2D eigenvalue weighted by Crippen LogP contribution is -2.41. The molecular formula is C18H30N4O4S. The van der Waals surface area contributed by atoms with Crippen molar-refractivity contribution in [3.63, 3.8) is 0 Å². The monoisotopic (exact) mass is 398 g/mol. The number of hydrogen-bond donors (Lipinski definition) is 2. The second-order valence-corrected chi connectivity index (χ2v) is 8.12. The fourth-order valence-electron chi connectivity index (χ4n) is 2.52. The number of rotatable bonds is 10. The Balaban J connectivity index is 2.71. The van der Waals surface area contributed by atoms with Crippen LogP contribution >= 0.6 is 0 Å². The topological polar surface area (TPSA) is 98.8 Å². The number of sulfonamides is 1. The first-order chi connectivity index (χ1) is 12.7. The van der Waals surface area contributed by atoms with E-state index in [1.165, 1.54) is 16.3 Å². The molecule has 1 aromatic carbocycles. The standard InChI is InChI=1S/C18H30N4O4S/c1-6-22(7-2)27(25,26)16-10-8-15(9-11-16)14(3)20-12-18(24)21(5)13-17(23)19-4/h8-11,14,20H,6-7,12-13H2,1-5H3,(H,19,23)/t14-/m0/s1. The number of likely N-dealkylation sites (N-methyl/N-ethyl adjacent to an activating group) is 2. The zero-order chi connectivity index (χ0) is 20.6. The Morgan fingerprint density at radius 3 is 2.15 bits per heavy atom. The van der Waals surface area contributed by atoms with Gasteiger partial charge in [0.15, 0.2) is 0 Å². The van der Waals surface area contributed by atoms with Gasteiger partial charge in [-0.2, -0.15) is 4.31 Å². The lowest BCUT2D eigenvalue weighted by atomic mass is 10.1. The highest BCUT2D eigenvalue weighted by atomic mass is 32.2. The molecule has 1 aromatic rings. The van der Waals surface area contributed by atoms with E-state index >= 15 is 0 Å². The summed E-state index contributed by atoms with van der Waals surface area (Å²) in [5.41, 5.74) is 0.871. The van der Waals surface area contributed by atoms with E-state index < -0.39 is 10.0 Å². The molecule has 0 aromatic heterocycles. The maximum absolute atomic E-state index is 12.5. The Hall–Kier alpha value is -1.97. The van der Waals surface area contributed by atoms with Crippen LogP contribution in [-0.4, -0.2) is 69.7 Å². The van der Waals surface area contributed by atoms with E-state index in [-0.39, 0.29) is 35.8 Å². The SMILES string of the molecule is CCN(CC)S(=O)(=O)c1ccc([C@H](C)NCC(=O)N(C)CC(=O)NC)cc1. The maximum atomic E-state index is 12.5. The molecule has 0 aliphatic carbocycles. The molecule has 0 bridgehead atoms. The van der Waals surface area contributed by atoms with Crippen LogP contribution in [0.15, 0.2) is 29.2 Å². The van der Waals surface area contributed by atoms with Gasteiger partial charge in [0.2, 0.25) is 21.8 Å². The third-order valence-electron chi connectivity index (χ3n) is 4.37. The van der Waals surface area contributed by atoms with E-state index in [4.69, 9.17) is 0 Å². The minimum absolute atomic E-state index is 0.00328. The number of benzene rings is 1. The predicted octanol–water partition coefficient (Wildman–Crippen LogP) is 0.572. The lowest BCUT2D eigenvalue weighted by molar-refractivity contribution is -0.133. The van der Waals surface area contributed by atoms with E-state index in [1.807, 2.05) is 6.92 Å². The Morgan fingerprint density at radius 2 is 1.67 bits per heavy atom. The highest BCUT2D eigenvalue weighted by Gasteiger charge is 2.21. The van der Waals surface area contributed by atoms with Crippen LogP contribution in [0.2, 0.25) is 0 Å². The fraction of sp³-hybridized carbons (Fsp3) is 0.556. The molecule has 2 amide bonds. The number of hydrogen-bond acceptors (Lipinski definition) is 5. The van der Waals surface area contributed by atoms with E-state index in [2.05, 4.69) is 10.6 Å². The molecule has 0 fully saturated rings. The van der Waals surface area contributed by atoms with Crippen molar-refractivity contribution >= 4 is 21.8 Å². The van der Waals surface area contributed by atoms with Crippen molar-refractivity contribution in [2.24, 2.45) is 0 Å². The summed E-state index contributed by atoms with van der Waals surface area (Å²) in [4.78, 5) is 25.0. The van der Waals surface area contributed by atoms with Gasteiger partial charge in [-0.1, -0.05) is 26.0 Å². The second kappa shape index (κ2) is 10.4. The van der Waals surface area contributed by atoms with Crippen molar-refractivity contribution in [3.05, 3.63) is 29.8 Å². The number of nitrogens with one attached hydrogen (secondary N) is 2. The number of nitrogens with zero attached hydrogens (tertiary/aromatic N) is 2. The molecule has 0 spiro atoms. The minimum atomic E-state index is -3.48. The Morgan fingerprint density at radius 1 is 1.11 bits per heavy atom. The third-order valence-corrected chi connectivity index (χ3v) is 6.43. The van der Waals surface area contributed by atoms with Crippen LogP contribution < -0.4 is 10.6 Å². The second-order valence-electron chi connectivity index (χ2n) is 6.18. The van der Waals surface area contributed by atoms with Crippen LogP contribution in [0.5, 0.6) is 0 Å². The molecule has 1 rings (SSSR count). The zero-order valence-electron chi connectivity index (χ0n) is 16.7. The highest BCUT2D eigenvalue weighted by Crippen LogP contribution is 2.19. The maximum Gasteiger partial charge on any atom is 0.243 e. The van der Waals surface area contributed by atoms with Crippen molar-refractivity contribution in [1.29, 1.82) is 0 Å². The van der Waals surface area contributed by atoms with Crippen molar-refractivity contribution in [3.8, 4) is 0 Å². The van der Waals surface area contributed by atoms with Crippen LogP contribution in [0.4, 0.5) is 0 Å². The Bertz CT molecular complexity index is 730. The summed E-state index contributed by atoms with van der Waals surface area (Å²) >= 11 is 0. The molecule has 8 nitrogen and oxygen atoms in total. The van der Waals surface area contributed by atoms with Crippen molar-refractivity contribution in [1.82, 2.24) is 19.8 Å². The molecule has 0 unspecified atom stereocenters. The van der Waals surface area contributed by atoms with Gasteiger partial charge >= 0.3 is 0 Å². The number of amides is 2. The molecule has 152 valence electrons. The summed E-state index contributed by atoms with van der Waals surface area (Å²) in [5, 5.41) is 5.56. The molecule has 0 saturated carbocycles. The molecule has 0 radical (unpaired) electrons. The summed E-state index contributed by atoms with van der Waals surface area (Å²) in [7, 11) is -0.395. The molecule has 0 aliphatic heterocycles. The summed E-state index contributed by atoms with van der Waals surface area (Å²) in [5.74, 6) is -0.435. The van der Waals surface area contributed by atoms with Crippen molar-refractivity contribution < 1.29 is 18.0 Å². The van der Waals surface area contributed by atoms with Crippen LogP contribution in [0.1, 0.15) is 32.4 Å². The molecule has 2 N–H and O–H groups in total. The molecule has 1 atom stereocenters. The highest BCUT2D eigenvalue weighted by molar-refractivity contribution is 7.89. The van der Waals surface area contributed by atoms with E-state index in [1.54, 1.807) is 45.2 Å². The average Bonchev–Trinajstić information content (AvgIpc) is 2.66. The minimum Gasteiger partial charge on any atom is -0.358 e. The normalized spacial score (nSPS) is 12.7. The fourth-order valence-corrected chi connectivity index (χ4v) is 3.97. The first-order valence-electron chi connectivity index (χ1n) is 8.95. The smallest absolute Gasteiger partial charge is 0.243 e. The van der Waals surface area contributed by atoms with Crippen molar-refractivity contribution in [2.45, 2.75) is 31.7 Å². The van der Waals surface area contributed by atoms with Gasteiger partial charge in [0.25, 0.3) is 0 Å². The lowest BCUT2D eigenvalue weighted by Gasteiger charge is -2.20. The Labute approximate surface area is 162 Å². The molecular weight excluding hydrogens is 368 g/mol. The van der Waals surface area contributed by atoms with Crippen LogP contribution in [0, 0.1) is 0 Å². The molecule has 27 heavy (non-hydrogen) atoms. The predicted molar refractivity (Wildman–Crippen MR) is 105 cm³/mol. The average molecular weight is 399 g/mol. The zero-order valence-corrected chi connectivity index (χ0v) is 17.5. The van der Waals surface area contributed by atoms with Crippen molar-refractivity contribution in [2.75, 3.05) is 40.3 Å². The summed E-state index contributed by atoms with van der Waals surface area (Å²) in [6.07, 6.45) is 0. The van der Waals surface area contributed by atoms with Crippen LogP contribution in [0.3, 0.4) is 0 Å². The van der Waals surface area contributed by atoms with Crippen LogP contribution in [-0.2, 0) is 19.6 Å². The molecule has 9 heteroatoms. The number of carbonyl (C=O) groups excluding carboxylic acids is 2. The van der Waals surface area contributed by atoms with Crippen LogP contribution in [0.25, 0.3) is 0 Å². The quantitative estimate of drug-likeness (QED) is 0.600. The van der Waals surface area contributed by atoms with Gasteiger partial charge in [0.05, 0.1) is 18.0 Å². The summed E-state index contributed by atoms with van der Waals surface area (Å²) in [6.45, 7) is 6.42. The van der Waals surface area contributed by atoms with Gasteiger partial charge in [0.1, 0.15) is 0 Å². The third kappa shape index (κ3) is 6.30. The van der Waals surface area contributed by atoms with E-state index in [0.717, 1.165) is 5.56 Å². The largest absolute Gasteiger partial charge is 0.358 e. The van der Waals surface area contributed by atoms with Gasteiger partial charge in [-0.25, -0.2) is 8.42 Å². The molecule has 0 heterocycles. The Kier molecular flexibility index (Phi) is 8.87. The first kappa shape index (κ1) is 23.1. The summed E-state index contributed by atoms with van der Waals surface area (Å²) in [6, 6.07) is 6.51. The van der Waals surface area contributed by atoms with Gasteiger partial charge in [-0.05, 0) is 24.6 Å². The molecule has 0 aliphatic rings. The van der Waals surface area contributed by atoms with E-state index in [0.29, 0.717) is 13.1 Å². The molecule has 0 saturated heterocycles. The van der Waals surface area contributed by atoms with Gasteiger partial charge < -0.3 is 15.5 Å². The summed E-state index contributed by atoms with van der Waals surface area (Å²) < 4.78 is 26.4. The van der Waals surface area contributed by atoms with E-state index in [9.17, 15) is 18.0 Å². The van der Waals surface area contributed by atoms with Gasteiger partial charge in [-0.3, -0.25) is 9.59 Å². The first-order valence-corrected chi connectivity index (χ1v) is 10.4. The number of carbonyl (C=O) groups is 2.